The van der Waals surface area contributed by atoms with Crippen LogP contribution in [0.3, 0.4) is 0 Å². The Balaban J connectivity index is 2.21. The van der Waals surface area contributed by atoms with Crippen molar-refractivity contribution in [1.82, 2.24) is 9.29 Å². The number of rotatable bonds is 3. The second-order valence-electron chi connectivity index (χ2n) is 5.64. The van der Waals surface area contributed by atoms with E-state index < -0.39 is 27.4 Å². The Hall–Kier alpha value is -2.39. The summed E-state index contributed by atoms with van der Waals surface area (Å²) in [6.07, 6.45) is 0. The quantitative estimate of drug-likeness (QED) is 0.584. The Morgan fingerprint density at radius 3 is 2.50 bits per heavy atom. The Bertz CT molecular complexity index is 1020. The van der Waals surface area contributed by atoms with Gasteiger partial charge in [-0.2, -0.15) is 0 Å². The van der Waals surface area contributed by atoms with E-state index in [-0.39, 0.29) is 17.0 Å². The Labute approximate surface area is 159 Å². The normalized spacial score (nSPS) is 14.2. The highest BCUT2D eigenvalue weighted by molar-refractivity contribution is 9.10. The second kappa shape index (κ2) is 6.73. The lowest BCUT2D eigenvalue weighted by Crippen LogP contribution is -2.37. The molecule has 1 N–H and O–H groups in total. The van der Waals surface area contributed by atoms with E-state index in [4.69, 9.17) is 0 Å². The van der Waals surface area contributed by atoms with Gasteiger partial charge >= 0.3 is 5.97 Å². The van der Waals surface area contributed by atoms with Crippen LogP contribution in [-0.2, 0) is 26.1 Å². The van der Waals surface area contributed by atoms with E-state index in [0.29, 0.717) is 10.3 Å². The zero-order valence-electron chi connectivity index (χ0n) is 13.9. The van der Waals surface area contributed by atoms with E-state index in [2.05, 4.69) is 25.7 Å². The van der Waals surface area contributed by atoms with E-state index in [1.165, 1.54) is 12.1 Å². The number of aliphatic hydroxyl groups excluding tert-OH is 1. The Kier molecular flexibility index (Phi) is 4.76. The number of nitrogens with zero attached hydrogens (tertiary/aromatic N) is 2. The summed E-state index contributed by atoms with van der Waals surface area (Å²) in [5, 5.41) is 10.6. The number of esters is 1. The number of aryl methyl sites for hydroxylation is 1. The molecule has 1 aliphatic heterocycles. The fourth-order valence-electron chi connectivity index (χ4n) is 2.61. The van der Waals surface area contributed by atoms with Crippen molar-refractivity contribution < 1.29 is 23.1 Å². The number of sulfonamides is 1. The fourth-order valence-corrected chi connectivity index (χ4v) is 4.38. The van der Waals surface area contributed by atoms with Crippen molar-refractivity contribution in [2.24, 2.45) is 0 Å². The molecule has 26 heavy (non-hydrogen) atoms. The summed E-state index contributed by atoms with van der Waals surface area (Å²) in [5.41, 5.74) is 1.05. The molecule has 0 bridgehead atoms. The number of ether oxygens (including phenoxy) is 1. The van der Waals surface area contributed by atoms with Gasteiger partial charge in [0, 0.05) is 5.56 Å². The number of fused-ring (bicyclic) bond motifs is 1. The monoisotopic (exact) mass is 438 g/mol. The largest absolute Gasteiger partial charge is 0.505 e. The van der Waals surface area contributed by atoms with Crippen LogP contribution in [-0.4, -0.2) is 35.9 Å². The van der Waals surface area contributed by atoms with Gasteiger partial charge < -0.3 is 9.84 Å². The molecular formula is C17H15BrN2O5S. The summed E-state index contributed by atoms with van der Waals surface area (Å²) in [6.45, 7) is 1.63. The standard InChI is InChI=1S/C17H15BrN2O5S/c1-10-3-5-11(6-4-10)26(23,24)20-9-13-12(7-8-14(18)19-13)16(21)15(20)17(22)25-2/h3-8,21H,9H2,1-2H3. The van der Waals surface area contributed by atoms with Crippen molar-refractivity contribution >= 4 is 37.7 Å². The summed E-state index contributed by atoms with van der Waals surface area (Å²) in [4.78, 5) is 16.4. The predicted octanol–water partition coefficient (Wildman–Crippen LogP) is 2.76. The fraction of sp³-hybridized carbons (Fsp3) is 0.176. The lowest BCUT2D eigenvalue weighted by atomic mass is 10.1. The number of aromatic nitrogens is 1. The molecule has 0 saturated carbocycles. The average Bonchev–Trinajstić information content (AvgIpc) is 2.61. The first-order valence-electron chi connectivity index (χ1n) is 7.52. The molecule has 0 amide bonds. The van der Waals surface area contributed by atoms with Crippen LogP contribution < -0.4 is 0 Å². The van der Waals surface area contributed by atoms with E-state index in [1.807, 2.05) is 6.92 Å². The molecule has 3 rings (SSSR count). The van der Waals surface area contributed by atoms with Crippen LogP contribution in [0.2, 0.25) is 0 Å². The first-order chi connectivity index (χ1) is 12.3. The lowest BCUT2D eigenvalue weighted by molar-refractivity contribution is -0.137. The van der Waals surface area contributed by atoms with Gasteiger partial charge in [0.05, 0.1) is 24.2 Å². The van der Waals surface area contributed by atoms with E-state index >= 15 is 0 Å². The highest BCUT2D eigenvalue weighted by Crippen LogP contribution is 2.34. The highest BCUT2D eigenvalue weighted by Gasteiger charge is 2.38. The van der Waals surface area contributed by atoms with Gasteiger partial charge in [-0.3, -0.25) is 0 Å². The van der Waals surface area contributed by atoms with Crippen LogP contribution >= 0.6 is 15.9 Å². The van der Waals surface area contributed by atoms with Gasteiger partial charge in [-0.15, -0.1) is 0 Å². The number of carbonyl (C=O) groups excluding carboxylic acids is 1. The van der Waals surface area contributed by atoms with Crippen LogP contribution in [0.1, 0.15) is 16.8 Å². The Morgan fingerprint density at radius 2 is 1.88 bits per heavy atom. The minimum atomic E-state index is -4.11. The van der Waals surface area contributed by atoms with Crippen LogP contribution in [0.25, 0.3) is 5.76 Å². The minimum Gasteiger partial charge on any atom is -0.505 e. The van der Waals surface area contributed by atoms with Gasteiger partial charge in [-0.05, 0) is 47.1 Å². The van der Waals surface area contributed by atoms with Gasteiger partial charge in [-0.1, -0.05) is 17.7 Å². The number of hydrogen-bond acceptors (Lipinski definition) is 6. The van der Waals surface area contributed by atoms with Crippen molar-refractivity contribution in [1.29, 1.82) is 0 Å². The molecule has 7 nitrogen and oxygen atoms in total. The topological polar surface area (TPSA) is 96.8 Å². The number of pyridine rings is 1. The predicted molar refractivity (Wildman–Crippen MR) is 97.4 cm³/mol. The maximum absolute atomic E-state index is 13.1. The van der Waals surface area contributed by atoms with Crippen LogP contribution in [0.4, 0.5) is 0 Å². The third-order valence-electron chi connectivity index (χ3n) is 3.95. The molecule has 0 spiro atoms. The van der Waals surface area contributed by atoms with Gasteiger partial charge in [0.15, 0.2) is 11.5 Å². The van der Waals surface area contributed by atoms with Gasteiger partial charge in [0.1, 0.15) is 4.60 Å². The van der Waals surface area contributed by atoms with Crippen molar-refractivity contribution in [3.8, 4) is 0 Å². The first-order valence-corrected chi connectivity index (χ1v) is 9.75. The van der Waals surface area contributed by atoms with Gasteiger partial charge in [0.25, 0.3) is 10.0 Å². The molecule has 0 saturated heterocycles. The summed E-state index contributed by atoms with van der Waals surface area (Å²) >= 11 is 3.22. The number of aliphatic hydroxyl groups is 1. The zero-order valence-corrected chi connectivity index (χ0v) is 16.3. The SMILES string of the molecule is COC(=O)C1=C(O)c2ccc(Br)nc2CN1S(=O)(=O)c1ccc(C)cc1. The molecular weight excluding hydrogens is 424 g/mol. The maximum atomic E-state index is 13.1. The smallest absolute Gasteiger partial charge is 0.359 e. The van der Waals surface area contributed by atoms with Crippen LogP contribution in [0, 0.1) is 6.92 Å². The lowest BCUT2D eigenvalue weighted by Gasteiger charge is -2.30. The van der Waals surface area contributed by atoms with Crippen molar-refractivity contribution in [2.75, 3.05) is 7.11 Å². The third-order valence-corrected chi connectivity index (χ3v) is 6.15. The summed E-state index contributed by atoms with van der Waals surface area (Å²) < 4.78 is 32.2. The Morgan fingerprint density at radius 1 is 1.23 bits per heavy atom. The summed E-state index contributed by atoms with van der Waals surface area (Å²) in [7, 11) is -2.99. The van der Waals surface area contributed by atoms with Gasteiger partial charge in [0.2, 0.25) is 0 Å². The van der Waals surface area contributed by atoms with E-state index in [9.17, 15) is 18.3 Å². The molecule has 1 aromatic heterocycles. The number of methoxy groups -OCH3 is 1. The molecule has 0 unspecified atom stereocenters. The minimum absolute atomic E-state index is 0.00394. The number of halogens is 1. The highest BCUT2D eigenvalue weighted by atomic mass is 79.9. The van der Waals surface area contributed by atoms with E-state index in [1.54, 1.807) is 24.3 Å². The molecule has 1 aromatic carbocycles. The molecule has 0 aliphatic carbocycles. The third kappa shape index (κ3) is 3.08. The van der Waals surface area contributed by atoms with Crippen molar-refractivity contribution in [3.05, 3.63) is 63.5 Å². The van der Waals surface area contributed by atoms with Crippen LogP contribution in [0.15, 0.2) is 51.6 Å². The first kappa shape index (κ1) is 18.4. The number of carbonyl (C=O) groups is 1. The summed E-state index contributed by atoms with van der Waals surface area (Å²) in [5.74, 6) is -1.44. The van der Waals surface area contributed by atoms with Crippen molar-refractivity contribution in [3.63, 3.8) is 0 Å². The molecule has 0 atom stereocenters. The molecule has 136 valence electrons. The zero-order chi connectivity index (χ0) is 19.1. The van der Waals surface area contributed by atoms with Crippen molar-refractivity contribution in [2.45, 2.75) is 18.4 Å². The maximum Gasteiger partial charge on any atom is 0.359 e. The molecule has 9 heteroatoms. The molecule has 2 heterocycles. The van der Waals surface area contributed by atoms with Gasteiger partial charge in [-0.25, -0.2) is 22.5 Å². The molecule has 0 radical (unpaired) electrons. The average molecular weight is 439 g/mol. The molecule has 1 aliphatic rings. The second-order valence-corrected chi connectivity index (χ2v) is 8.32. The number of benzene rings is 1. The molecule has 0 fully saturated rings. The number of hydrogen-bond donors (Lipinski definition) is 1. The van der Waals surface area contributed by atoms with Crippen LogP contribution in [0.5, 0.6) is 0 Å². The summed E-state index contributed by atoms with van der Waals surface area (Å²) in [6, 6.07) is 9.34. The molecule has 2 aromatic rings. The van der Waals surface area contributed by atoms with E-state index in [0.717, 1.165) is 17.0 Å².